The summed E-state index contributed by atoms with van der Waals surface area (Å²) >= 11 is 0. The lowest BCUT2D eigenvalue weighted by Crippen LogP contribution is -2.11. The quantitative estimate of drug-likeness (QED) is 0.135. The molecule has 12 heteroatoms. The van der Waals surface area contributed by atoms with E-state index >= 15 is 0 Å². The first-order chi connectivity index (χ1) is 19.8. The smallest absolute Gasteiger partial charge is 0.336 e. The van der Waals surface area contributed by atoms with Crippen LogP contribution in [0.4, 0.5) is 0 Å². The van der Waals surface area contributed by atoms with Crippen LogP contribution in [0.1, 0.15) is 23.2 Å². The molecule has 2 aromatic heterocycles. The van der Waals surface area contributed by atoms with Gasteiger partial charge in [0.1, 0.15) is 29.4 Å². The Kier molecular flexibility index (Phi) is 8.51. The van der Waals surface area contributed by atoms with Crippen LogP contribution < -0.4 is 20.2 Å². The van der Waals surface area contributed by atoms with Crippen molar-refractivity contribution < 1.29 is 22.3 Å². The SMILES string of the molecule is NS(=O)(=O)c1ccc(CN=Cc2ccc(OCc3cn(CCCOc4ccc5ccc(=O)oc5c4)nn3)cc2)cc1. The van der Waals surface area contributed by atoms with Crippen molar-refractivity contribution in [3.8, 4) is 11.5 Å². The Labute approximate surface area is 235 Å². The third-order valence-corrected chi connectivity index (χ3v) is 6.94. The summed E-state index contributed by atoms with van der Waals surface area (Å²) in [6.07, 6.45) is 4.29. The Hall–Kier alpha value is -4.81. The van der Waals surface area contributed by atoms with Gasteiger partial charge in [-0.05, 0) is 65.7 Å². The maximum absolute atomic E-state index is 11.4. The summed E-state index contributed by atoms with van der Waals surface area (Å²) in [5.41, 5.74) is 2.57. The van der Waals surface area contributed by atoms with Crippen molar-refractivity contribution in [3.63, 3.8) is 0 Å². The van der Waals surface area contributed by atoms with Crippen LogP contribution in [0.25, 0.3) is 11.0 Å². The second-order valence-corrected chi connectivity index (χ2v) is 10.7. The second-order valence-electron chi connectivity index (χ2n) is 9.15. The van der Waals surface area contributed by atoms with E-state index in [0.29, 0.717) is 48.9 Å². The number of aryl methyl sites for hydroxylation is 1. The van der Waals surface area contributed by atoms with E-state index in [-0.39, 0.29) is 11.5 Å². The van der Waals surface area contributed by atoms with E-state index < -0.39 is 15.6 Å². The molecule has 41 heavy (non-hydrogen) atoms. The lowest BCUT2D eigenvalue weighted by molar-refractivity contribution is 0.297. The molecule has 2 N–H and O–H groups in total. The summed E-state index contributed by atoms with van der Waals surface area (Å²) in [6.45, 7) is 1.78. The molecular weight excluding hydrogens is 546 g/mol. The molecule has 210 valence electrons. The van der Waals surface area contributed by atoms with Gasteiger partial charge in [0, 0.05) is 36.7 Å². The van der Waals surface area contributed by atoms with E-state index in [2.05, 4.69) is 15.3 Å². The van der Waals surface area contributed by atoms with Gasteiger partial charge in [-0.1, -0.05) is 17.3 Å². The van der Waals surface area contributed by atoms with Crippen LogP contribution in [0.2, 0.25) is 0 Å². The highest BCUT2D eigenvalue weighted by atomic mass is 32.2. The maximum atomic E-state index is 11.4. The van der Waals surface area contributed by atoms with Crippen LogP contribution in [0.5, 0.6) is 11.5 Å². The number of fused-ring (bicyclic) bond motifs is 1. The van der Waals surface area contributed by atoms with E-state index in [4.69, 9.17) is 19.0 Å². The monoisotopic (exact) mass is 573 g/mol. The number of hydrogen-bond acceptors (Lipinski definition) is 9. The number of sulfonamides is 1. The number of benzene rings is 3. The topological polar surface area (TPSA) is 152 Å². The predicted octanol–water partition coefficient (Wildman–Crippen LogP) is 3.70. The Bertz CT molecular complexity index is 1810. The molecule has 5 rings (SSSR count). The summed E-state index contributed by atoms with van der Waals surface area (Å²) in [5.74, 6) is 1.32. The largest absolute Gasteiger partial charge is 0.493 e. The number of rotatable bonds is 12. The Balaban J connectivity index is 1.03. The molecule has 0 amide bonds. The lowest BCUT2D eigenvalue weighted by Gasteiger charge is -2.06. The van der Waals surface area contributed by atoms with Crippen LogP contribution in [-0.4, -0.2) is 36.2 Å². The first-order valence-corrected chi connectivity index (χ1v) is 14.3. The van der Waals surface area contributed by atoms with Crippen molar-refractivity contribution in [3.05, 3.63) is 112 Å². The third kappa shape index (κ3) is 7.87. The summed E-state index contributed by atoms with van der Waals surface area (Å²) in [5, 5.41) is 14.3. The van der Waals surface area contributed by atoms with Gasteiger partial charge >= 0.3 is 5.63 Å². The fourth-order valence-electron chi connectivity index (χ4n) is 3.91. The van der Waals surface area contributed by atoms with E-state index in [1.54, 1.807) is 35.2 Å². The highest BCUT2D eigenvalue weighted by molar-refractivity contribution is 7.89. The molecule has 0 radical (unpaired) electrons. The first-order valence-electron chi connectivity index (χ1n) is 12.7. The lowest BCUT2D eigenvalue weighted by atomic mass is 10.2. The number of hydrogen-bond donors (Lipinski definition) is 1. The minimum absolute atomic E-state index is 0.0741. The van der Waals surface area contributed by atoms with Crippen molar-refractivity contribution in [2.45, 2.75) is 31.0 Å². The minimum atomic E-state index is -3.70. The normalized spacial score (nSPS) is 11.7. The molecule has 0 aliphatic carbocycles. The molecule has 11 nitrogen and oxygen atoms in total. The molecular formula is C29H27N5O6S. The number of primary sulfonamides is 1. The van der Waals surface area contributed by atoms with Gasteiger partial charge in [0.05, 0.1) is 24.2 Å². The zero-order valence-electron chi connectivity index (χ0n) is 21.9. The highest BCUT2D eigenvalue weighted by Gasteiger charge is 2.07. The second kappa shape index (κ2) is 12.6. The minimum Gasteiger partial charge on any atom is -0.493 e. The Morgan fingerprint density at radius 3 is 2.49 bits per heavy atom. The van der Waals surface area contributed by atoms with Gasteiger partial charge in [-0.15, -0.1) is 5.10 Å². The van der Waals surface area contributed by atoms with E-state index in [0.717, 1.165) is 16.5 Å². The van der Waals surface area contributed by atoms with Crippen molar-refractivity contribution in [1.82, 2.24) is 15.0 Å². The zero-order chi connectivity index (χ0) is 28.7. The molecule has 0 saturated carbocycles. The van der Waals surface area contributed by atoms with Crippen LogP contribution in [-0.2, 0) is 29.7 Å². The maximum Gasteiger partial charge on any atom is 0.336 e. The van der Waals surface area contributed by atoms with Gasteiger partial charge in [0.15, 0.2) is 0 Å². The van der Waals surface area contributed by atoms with Gasteiger partial charge < -0.3 is 13.9 Å². The molecule has 0 saturated heterocycles. The molecule has 2 heterocycles. The third-order valence-electron chi connectivity index (χ3n) is 6.01. The summed E-state index contributed by atoms with van der Waals surface area (Å²) in [4.78, 5) is 15.9. The zero-order valence-corrected chi connectivity index (χ0v) is 22.7. The molecule has 0 atom stereocenters. The number of aliphatic imine (C=N–C) groups is 1. The van der Waals surface area contributed by atoms with Gasteiger partial charge in [-0.3, -0.25) is 9.67 Å². The standard InChI is InChI=1S/C29H27N5O6S/c30-41(36,37)27-11-4-22(5-12-27)18-31-17-21-2-8-25(9-3-21)39-20-24-19-34(33-32-24)14-1-15-38-26-10-6-23-7-13-29(35)40-28(23)16-26/h2-13,16-17,19H,1,14-15,18,20H2,(H2,30,36,37). The molecule has 0 aliphatic rings. The highest BCUT2D eigenvalue weighted by Crippen LogP contribution is 2.20. The molecule has 0 spiro atoms. The summed E-state index contributed by atoms with van der Waals surface area (Å²) < 4.78 is 41.2. The van der Waals surface area contributed by atoms with Gasteiger partial charge in [-0.2, -0.15) is 0 Å². The number of nitrogens with zero attached hydrogens (tertiary/aromatic N) is 4. The average molecular weight is 574 g/mol. The van der Waals surface area contributed by atoms with Crippen LogP contribution >= 0.6 is 0 Å². The number of ether oxygens (including phenoxy) is 2. The van der Waals surface area contributed by atoms with E-state index in [1.807, 2.05) is 42.6 Å². The van der Waals surface area contributed by atoms with Gasteiger partial charge in [-0.25, -0.2) is 18.4 Å². The molecule has 0 bridgehead atoms. The fourth-order valence-corrected chi connectivity index (χ4v) is 4.43. The molecule has 0 fully saturated rings. The van der Waals surface area contributed by atoms with Crippen molar-refractivity contribution in [2.24, 2.45) is 10.1 Å². The van der Waals surface area contributed by atoms with Gasteiger partial charge in [0.2, 0.25) is 10.0 Å². The van der Waals surface area contributed by atoms with Crippen molar-refractivity contribution in [2.75, 3.05) is 6.61 Å². The Morgan fingerprint density at radius 1 is 0.951 bits per heavy atom. The van der Waals surface area contributed by atoms with Crippen LogP contribution in [0, 0.1) is 0 Å². The van der Waals surface area contributed by atoms with Crippen molar-refractivity contribution >= 4 is 27.2 Å². The summed E-state index contributed by atoms with van der Waals surface area (Å²) in [7, 11) is -3.70. The molecule has 0 aliphatic heterocycles. The molecule has 5 aromatic rings. The van der Waals surface area contributed by atoms with Crippen LogP contribution in [0.3, 0.4) is 0 Å². The molecule has 0 unspecified atom stereocenters. The summed E-state index contributed by atoms with van der Waals surface area (Å²) in [6, 6.07) is 22.3. The van der Waals surface area contributed by atoms with Crippen LogP contribution in [0.15, 0.2) is 104 Å². The first kappa shape index (κ1) is 27.7. The predicted molar refractivity (Wildman–Crippen MR) is 153 cm³/mol. The molecule has 3 aromatic carbocycles. The fraction of sp³-hybridized carbons (Fsp3) is 0.172. The Morgan fingerprint density at radius 2 is 1.71 bits per heavy atom. The van der Waals surface area contributed by atoms with E-state index in [1.165, 1.54) is 18.2 Å². The van der Waals surface area contributed by atoms with E-state index in [9.17, 15) is 13.2 Å². The van der Waals surface area contributed by atoms with Gasteiger partial charge in [0.25, 0.3) is 0 Å². The average Bonchev–Trinajstić information content (AvgIpc) is 3.42. The number of nitrogens with two attached hydrogens (primary N) is 1. The van der Waals surface area contributed by atoms with Crippen molar-refractivity contribution in [1.29, 1.82) is 0 Å². The number of aromatic nitrogens is 3.